The lowest BCUT2D eigenvalue weighted by molar-refractivity contribution is -0.138. The molecule has 1 fully saturated rings. The zero-order valence-electron chi connectivity index (χ0n) is 19.1. The molecule has 2 aromatic rings. The van der Waals surface area contributed by atoms with Gasteiger partial charge in [0.1, 0.15) is 0 Å². The molecular weight excluding hydrogens is 536 g/mol. The molecular formula is C22H21F6NO5S2. The number of rotatable bonds is 5. The third-order valence-electron chi connectivity index (χ3n) is 6.25. The van der Waals surface area contributed by atoms with Crippen LogP contribution in [0.3, 0.4) is 0 Å². The second-order valence-electron chi connectivity index (χ2n) is 8.99. The summed E-state index contributed by atoms with van der Waals surface area (Å²) in [6.07, 6.45) is -9.39. The topological polar surface area (TPSA) is 88.6 Å². The van der Waals surface area contributed by atoms with Crippen LogP contribution < -0.4 is 4.90 Å². The summed E-state index contributed by atoms with van der Waals surface area (Å²) in [5.74, 6) is -1.75. The number of benzene rings is 2. The Morgan fingerprint density at radius 2 is 1.42 bits per heavy atom. The Balaban J connectivity index is 2.02. The molecule has 1 amide bonds. The first kappa shape index (κ1) is 28.0. The number of carbonyl (C=O) groups excluding carboxylic acids is 1. The largest absolute Gasteiger partial charge is 0.416 e. The van der Waals surface area contributed by atoms with Gasteiger partial charge < -0.3 is 4.90 Å². The van der Waals surface area contributed by atoms with Crippen LogP contribution in [-0.2, 0) is 36.8 Å². The minimum Gasteiger partial charge on any atom is -0.311 e. The molecule has 0 aromatic heterocycles. The number of anilines is 1. The van der Waals surface area contributed by atoms with Crippen molar-refractivity contribution in [2.45, 2.75) is 47.2 Å². The Morgan fingerprint density at radius 1 is 0.861 bits per heavy atom. The summed E-state index contributed by atoms with van der Waals surface area (Å²) in [4.78, 5) is 12.3. The van der Waals surface area contributed by atoms with Crippen LogP contribution in [0, 0.1) is 5.92 Å². The Kier molecular flexibility index (Phi) is 6.80. The molecule has 2 aromatic carbocycles. The van der Waals surface area contributed by atoms with E-state index in [1.54, 1.807) is 0 Å². The second-order valence-corrected chi connectivity index (χ2v) is 13.5. The average Bonchev–Trinajstić information content (AvgIpc) is 3.13. The number of carbonyl (C=O) groups is 1. The molecule has 1 aliphatic heterocycles. The van der Waals surface area contributed by atoms with Crippen molar-refractivity contribution >= 4 is 31.3 Å². The maximum atomic E-state index is 13.3. The monoisotopic (exact) mass is 557 g/mol. The van der Waals surface area contributed by atoms with Crippen molar-refractivity contribution in [3.8, 4) is 0 Å². The molecule has 0 spiro atoms. The van der Waals surface area contributed by atoms with Crippen LogP contribution in [-0.4, -0.2) is 40.3 Å². The molecule has 0 unspecified atom stereocenters. The van der Waals surface area contributed by atoms with Gasteiger partial charge in [-0.05, 0) is 50.2 Å². The molecule has 0 radical (unpaired) electrons. The van der Waals surface area contributed by atoms with Gasteiger partial charge in [-0.15, -0.1) is 0 Å². The van der Waals surface area contributed by atoms with Crippen molar-refractivity contribution in [3.63, 3.8) is 0 Å². The summed E-state index contributed by atoms with van der Waals surface area (Å²) in [7, 11) is -8.68. The Bertz CT molecular complexity index is 1410. The predicted octanol–water partition coefficient (Wildman–Crippen LogP) is 4.73. The highest BCUT2D eigenvalue weighted by atomic mass is 32.2. The third kappa shape index (κ3) is 5.10. The first-order chi connectivity index (χ1) is 16.2. The first-order valence-corrected chi connectivity index (χ1v) is 13.7. The molecule has 36 heavy (non-hydrogen) atoms. The van der Waals surface area contributed by atoms with Gasteiger partial charge in [-0.1, -0.05) is 6.07 Å². The lowest BCUT2D eigenvalue weighted by Crippen LogP contribution is -2.41. The van der Waals surface area contributed by atoms with Crippen LogP contribution in [0.15, 0.2) is 52.3 Å². The fourth-order valence-electron chi connectivity index (χ4n) is 3.98. The highest BCUT2D eigenvalue weighted by Gasteiger charge is 2.49. The van der Waals surface area contributed by atoms with E-state index in [-0.39, 0.29) is 12.2 Å². The molecule has 14 heteroatoms. The number of hydrogen-bond acceptors (Lipinski definition) is 5. The molecule has 6 nitrogen and oxygen atoms in total. The van der Waals surface area contributed by atoms with Crippen molar-refractivity contribution in [3.05, 3.63) is 53.6 Å². The minimum absolute atomic E-state index is 0.342. The van der Waals surface area contributed by atoms with E-state index in [0.29, 0.717) is 30.5 Å². The van der Waals surface area contributed by atoms with E-state index in [4.69, 9.17) is 0 Å². The highest BCUT2D eigenvalue weighted by molar-refractivity contribution is 7.92. The van der Waals surface area contributed by atoms with Crippen molar-refractivity contribution in [2.75, 3.05) is 17.7 Å². The van der Waals surface area contributed by atoms with Crippen LogP contribution >= 0.6 is 0 Å². The van der Waals surface area contributed by atoms with Crippen molar-refractivity contribution in [2.24, 2.45) is 5.92 Å². The molecule has 1 aliphatic rings. The van der Waals surface area contributed by atoms with Crippen LogP contribution in [0.25, 0.3) is 0 Å². The smallest absolute Gasteiger partial charge is 0.311 e. The summed E-state index contributed by atoms with van der Waals surface area (Å²) >= 11 is 0. The Morgan fingerprint density at radius 3 is 1.94 bits per heavy atom. The summed E-state index contributed by atoms with van der Waals surface area (Å²) in [6.45, 7) is 2.08. The van der Waals surface area contributed by atoms with E-state index in [2.05, 4.69) is 0 Å². The molecule has 1 heterocycles. The van der Waals surface area contributed by atoms with E-state index in [0.717, 1.165) is 23.1 Å². The molecule has 0 bridgehead atoms. The Labute approximate surface area is 203 Å². The van der Waals surface area contributed by atoms with Gasteiger partial charge in [0.15, 0.2) is 19.7 Å². The van der Waals surface area contributed by atoms with Crippen LogP contribution in [0.5, 0.6) is 0 Å². The lowest BCUT2D eigenvalue weighted by atomic mass is 9.94. The number of halogens is 6. The number of sulfone groups is 2. The molecule has 1 saturated heterocycles. The summed E-state index contributed by atoms with van der Waals surface area (Å²) < 4.78 is 128. The lowest BCUT2D eigenvalue weighted by Gasteiger charge is -2.31. The standard InChI is InChI=1S/C22H21F6NO5S2/c1-20(2,36(33,34)16-6-4-5-13(9-16)21(23,24)25)15-11-19(30)29(12-15)17-8-7-14(22(26,27)28)10-18(17)35(3,31)32/h4-10,15H,11-12H2,1-3H3/t15-/m0/s1. The van der Waals surface area contributed by atoms with E-state index < -0.39 is 75.9 Å². The number of hydrogen-bond donors (Lipinski definition) is 0. The molecule has 0 N–H and O–H groups in total. The van der Waals surface area contributed by atoms with Crippen molar-refractivity contribution < 1.29 is 48.0 Å². The second kappa shape index (κ2) is 8.75. The van der Waals surface area contributed by atoms with Gasteiger partial charge in [0, 0.05) is 25.1 Å². The van der Waals surface area contributed by atoms with E-state index in [1.165, 1.54) is 13.8 Å². The summed E-state index contributed by atoms with van der Waals surface area (Å²) in [6, 6.07) is 4.98. The van der Waals surface area contributed by atoms with E-state index >= 15 is 0 Å². The molecule has 1 atom stereocenters. The van der Waals surface area contributed by atoms with Crippen LogP contribution in [0.1, 0.15) is 31.4 Å². The number of alkyl halides is 6. The fourth-order valence-corrected chi connectivity index (χ4v) is 6.62. The van der Waals surface area contributed by atoms with Gasteiger partial charge in [-0.2, -0.15) is 26.3 Å². The maximum Gasteiger partial charge on any atom is 0.416 e. The van der Waals surface area contributed by atoms with Crippen molar-refractivity contribution in [1.82, 2.24) is 0 Å². The third-order valence-corrected chi connectivity index (χ3v) is 9.97. The normalized spacial score (nSPS) is 18.1. The molecule has 198 valence electrons. The van der Waals surface area contributed by atoms with Crippen LogP contribution in [0.4, 0.5) is 32.0 Å². The van der Waals surface area contributed by atoms with Gasteiger partial charge in [0.2, 0.25) is 5.91 Å². The quantitative estimate of drug-likeness (QED) is 0.496. The van der Waals surface area contributed by atoms with Gasteiger partial charge in [0.05, 0.1) is 31.4 Å². The number of nitrogens with zero attached hydrogens (tertiary/aromatic N) is 1. The minimum atomic E-state index is -4.85. The predicted molar refractivity (Wildman–Crippen MR) is 118 cm³/mol. The average molecular weight is 558 g/mol. The van der Waals surface area contributed by atoms with Gasteiger partial charge >= 0.3 is 12.4 Å². The summed E-state index contributed by atoms with van der Waals surface area (Å²) in [5.41, 5.74) is -2.77. The van der Waals surface area contributed by atoms with Gasteiger partial charge in [0.25, 0.3) is 0 Å². The SMILES string of the molecule is CC(C)([C@H]1CC(=O)N(c2ccc(C(F)(F)F)cc2S(C)(=O)=O)C1)S(=O)(=O)c1cccc(C(F)(F)F)c1. The van der Waals surface area contributed by atoms with Gasteiger partial charge in [-0.25, -0.2) is 16.8 Å². The first-order valence-electron chi connectivity index (χ1n) is 10.3. The fraction of sp³-hybridized carbons (Fsp3) is 0.409. The Hall–Kier alpha value is -2.61. The number of amides is 1. The van der Waals surface area contributed by atoms with Crippen LogP contribution in [0.2, 0.25) is 0 Å². The van der Waals surface area contributed by atoms with E-state index in [1.807, 2.05) is 0 Å². The zero-order valence-corrected chi connectivity index (χ0v) is 20.7. The molecule has 0 aliphatic carbocycles. The van der Waals surface area contributed by atoms with E-state index in [9.17, 15) is 48.0 Å². The highest BCUT2D eigenvalue weighted by Crippen LogP contribution is 2.42. The molecule has 0 saturated carbocycles. The molecule has 3 rings (SSSR count). The summed E-state index contributed by atoms with van der Waals surface area (Å²) in [5, 5.41) is 0. The maximum absolute atomic E-state index is 13.3. The van der Waals surface area contributed by atoms with Crippen molar-refractivity contribution in [1.29, 1.82) is 0 Å². The zero-order chi connectivity index (χ0) is 27.5. The van der Waals surface area contributed by atoms with Gasteiger partial charge in [-0.3, -0.25) is 4.79 Å².